The monoisotopic (exact) mass is 351 g/mol. The van der Waals surface area contributed by atoms with Gasteiger partial charge >= 0.3 is 0 Å². The molecular formula is C19H17N3O4. The SMILES string of the molecule is CC[C@H](C(=O)Nc1ccc2c(c1)OCO2)n1cnc2ccccc2c1=O. The van der Waals surface area contributed by atoms with E-state index >= 15 is 0 Å². The second kappa shape index (κ2) is 6.51. The molecule has 3 aromatic rings. The Balaban J connectivity index is 1.64. The summed E-state index contributed by atoms with van der Waals surface area (Å²) < 4.78 is 12.0. The van der Waals surface area contributed by atoms with Crippen LogP contribution in [0, 0.1) is 0 Å². The van der Waals surface area contributed by atoms with Gasteiger partial charge in [-0.25, -0.2) is 4.98 Å². The molecule has 0 spiro atoms. The molecule has 0 bridgehead atoms. The highest BCUT2D eigenvalue weighted by atomic mass is 16.7. The Morgan fingerprint density at radius 1 is 1.23 bits per heavy atom. The Kier molecular flexibility index (Phi) is 4.04. The number of anilines is 1. The lowest BCUT2D eigenvalue weighted by Gasteiger charge is -2.18. The van der Waals surface area contributed by atoms with Gasteiger partial charge in [-0.1, -0.05) is 19.1 Å². The van der Waals surface area contributed by atoms with Gasteiger partial charge in [0.15, 0.2) is 11.5 Å². The molecule has 1 aliphatic rings. The van der Waals surface area contributed by atoms with Gasteiger partial charge in [0.2, 0.25) is 12.7 Å². The van der Waals surface area contributed by atoms with Gasteiger partial charge in [-0.2, -0.15) is 0 Å². The number of carbonyl (C=O) groups excluding carboxylic acids is 1. The summed E-state index contributed by atoms with van der Waals surface area (Å²) in [6, 6.07) is 11.6. The van der Waals surface area contributed by atoms with Crippen LogP contribution in [0.5, 0.6) is 11.5 Å². The number of fused-ring (bicyclic) bond motifs is 2. The lowest BCUT2D eigenvalue weighted by molar-refractivity contribution is -0.119. The van der Waals surface area contributed by atoms with Crippen LogP contribution in [0.2, 0.25) is 0 Å². The first-order chi connectivity index (χ1) is 12.7. The quantitative estimate of drug-likeness (QED) is 0.781. The highest BCUT2D eigenvalue weighted by Gasteiger charge is 2.22. The van der Waals surface area contributed by atoms with Gasteiger partial charge in [0.1, 0.15) is 6.04 Å². The standard InChI is InChI=1S/C19H17N3O4/c1-2-15(22-10-20-14-6-4-3-5-13(14)19(22)24)18(23)21-12-7-8-16-17(9-12)26-11-25-16/h3-10,15H,2,11H2,1H3,(H,21,23)/t15-/m1/s1. The zero-order valence-electron chi connectivity index (χ0n) is 14.1. The van der Waals surface area contributed by atoms with Crippen LogP contribution in [0.4, 0.5) is 5.69 Å². The van der Waals surface area contributed by atoms with Crippen molar-refractivity contribution < 1.29 is 14.3 Å². The molecule has 2 heterocycles. The molecule has 0 fully saturated rings. The molecule has 1 N–H and O–H groups in total. The average molecular weight is 351 g/mol. The van der Waals surface area contributed by atoms with Crippen LogP contribution in [0.3, 0.4) is 0 Å². The molecule has 1 aromatic heterocycles. The zero-order valence-corrected chi connectivity index (χ0v) is 14.1. The molecule has 0 aliphatic carbocycles. The van der Waals surface area contributed by atoms with Crippen LogP contribution in [0.25, 0.3) is 10.9 Å². The zero-order chi connectivity index (χ0) is 18.1. The third-order valence-corrected chi connectivity index (χ3v) is 4.36. The van der Waals surface area contributed by atoms with Crippen LogP contribution in [-0.4, -0.2) is 22.3 Å². The summed E-state index contributed by atoms with van der Waals surface area (Å²) in [4.78, 5) is 29.8. The number of hydrogen-bond donors (Lipinski definition) is 1. The van der Waals surface area contributed by atoms with Crippen molar-refractivity contribution in [3.8, 4) is 11.5 Å². The molecule has 132 valence electrons. The Labute approximate surface area is 149 Å². The fraction of sp³-hybridized carbons (Fsp3) is 0.211. The molecule has 0 saturated heterocycles. The van der Waals surface area contributed by atoms with Gasteiger partial charge in [-0.05, 0) is 30.7 Å². The van der Waals surface area contributed by atoms with Crippen molar-refractivity contribution in [2.24, 2.45) is 0 Å². The maximum absolute atomic E-state index is 12.8. The number of hydrogen-bond acceptors (Lipinski definition) is 5. The van der Waals surface area contributed by atoms with Gasteiger partial charge in [-0.3, -0.25) is 14.2 Å². The molecule has 0 unspecified atom stereocenters. The third-order valence-electron chi connectivity index (χ3n) is 4.36. The summed E-state index contributed by atoms with van der Waals surface area (Å²) in [6.07, 6.45) is 1.88. The summed E-state index contributed by atoms with van der Waals surface area (Å²) in [5.74, 6) is 0.941. The predicted octanol–water partition coefficient (Wildman–Crippen LogP) is 2.72. The number of nitrogens with zero attached hydrogens (tertiary/aromatic N) is 2. The summed E-state index contributed by atoms with van der Waals surface area (Å²) in [5.41, 5.74) is 0.961. The Bertz CT molecular complexity index is 1040. The fourth-order valence-electron chi connectivity index (χ4n) is 3.01. The average Bonchev–Trinajstić information content (AvgIpc) is 3.12. The minimum Gasteiger partial charge on any atom is -0.454 e. The third kappa shape index (κ3) is 2.77. The van der Waals surface area contributed by atoms with Crippen LogP contribution in [0.15, 0.2) is 53.6 Å². The number of para-hydroxylation sites is 1. The van der Waals surface area contributed by atoms with Gasteiger partial charge < -0.3 is 14.8 Å². The molecule has 1 amide bonds. The first-order valence-electron chi connectivity index (χ1n) is 8.34. The summed E-state index contributed by atoms with van der Waals surface area (Å²) in [7, 11) is 0. The van der Waals surface area contributed by atoms with Crippen LogP contribution >= 0.6 is 0 Å². The van der Waals surface area contributed by atoms with Gasteiger partial charge in [0.25, 0.3) is 5.56 Å². The largest absolute Gasteiger partial charge is 0.454 e. The van der Waals surface area contributed by atoms with E-state index in [4.69, 9.17) is 9.47 Å². The van der Waals surface area contributed by atoms with Gasteiger partial charge in [0.05, 0.1) is 17.2 Å². The van der Waals surface area contributed by atoms with E-state index in [0.29, 0.717) is 34.5 Å². The highest BCUT2D eigenvalue weighted by Crippen LogP contribution is 2.34. The summed E-state index contributed by atoms with van der Waals surface area (Å²) >= 11 is 0. The summed E-state index contributed by atoms with van der Waals surface area (Å²) in [6.45, 7) is 2.02. The molecule has 0 radical (unpaired) electrons. The van der Waals surface area contributed by atoms with E-state index in [0.717, 1.165) is 0 Å². The van der Waals surface area contributed by atoms with Crippen LogP contribution in [-0.2, 0) is 4.79 Å². The van der Waals surface area contributed by atoms with E-state index in [9.17, 15) is 9.59 Å². The van der Waals surface area contributed by atoms with E-state index in [1.165, 1.54) is 10.9 Å². The maximum Gasteiger partial charge on any atom is 0.261 e. The molecule has 7 nitrogen and oxygen atoms in total. The van der Waals surface area contributed by atoms with E-state index in [1.54, 1.807) is 36.4 Å². The van der Waals surface area contributed by atoms with Crippen molar-refractivity contribution in [1.82, 2.24) is 9.55 Å². The first kappa shape index (κ1) is 16.1. The number of aromatic nitrogens is 2. The Morgan fingerprint density at radius 2 is 2.04 bits per heavy atom. The molecule has 0 saturated carbocycles. The van der Waals surface area contributed by atoms with E-state index < -0.39 is 6.04 Å². The minimum absolute atomic E-state index is 0.169. The normalized spacial score (nSPS) is 13.6. The number of ether oxygens (including phenoxy) is 2. The van der Waals surface area contributed by atoms with Crippen molar-refractivity contribution in [3.05, 3.63) is 59.1 Å². The van der Waals surface area contributed by atoms with E-state index in [1.807, 2.05) is 13.0 Å². The minimum atomic E-state index is -0.662. The molecule has 1 atom stereocenters. The number of nitrogens with one attached hydrogen (secondary N) is 1. The molecule has 7 heteroatoms. The molecule has 26 heavy (non-hydrogen) atoms. The van der Waals surface area contributed by atoms with Gasteiger partial charge in [-0.15, -0.1) is 0 Å². The molecule has 1 aliphatic heterocycles. The van der Waals surface area contributed by atoms with Crippen molar-refractivity contribution >= 4 is 22.5 Å². The van der Waals surface area contributed by atoms with E-state index in [-0.39, 0.29) is 18.3 Å². The number of amides is 1. The van der Waals surface area contributed by atoms with Crippen molar-refractivity contribution in [2.75, 3.05) is 12.1 Å². The predicted molar refractivity (Wildman–Crippen MR) is 96.5 cm³/mol. The summed E-state index contributed by atoms with van der Waals surface area (Å²) in [5, 5.41) is 3.32. The second-order valence-corrected chi connectivity index (χ2v) is 5.96. The molecule has 4 rings (SSSR count). The fourth-order valence-corrected chi connectivity index (χ4v) is 3.01. The molecular weight excluding hydrogens is 334 g/mol. The van der Waals surface area contributed by atoms with Crippen LogP contribution < -0.4 is 20.3 Å². The van der Waals surface area contributed by atoms with Crippen molar-refractivity contribution in [2.45, 2.75) is 19.4 Å². The first-order valence-corrected chi connectivity index (χ1v) is 8.34. The Hall–Kier alpha value is -3.35. The lowest BCUT2D eigenvalue weighted by atomic mass is 10.1. The molecule has 2 aromatic carbocycles. The maximum atomic E-state index is 12.8. The van der Waals surface area contributed by atoms with Crippen LogP contribution in [0.1, 0.15) is 19.4 Å². The highest BCUT2D eigenvalue weighted by molar-refractivity contribution is 5.94. The second-order valence-electron chi connectivity index (χ2n) is 5.96. The lowest BCUT2D eigenvalue weighted by Crippen LogP contribution is -2.33. The number of benzene rings is 2. The van der Waals surface area contributed by atoms with Gasteiger partial charge in [0, 0.05) is 11.8 Å². The smallest absolute Gasteiger partial charge is 0.261 e. The number of carbonyl (C=O) groups is 1. The Morgan fingerprint density at radius 3 is 2.88 bits per heavy atom. The topological polar surface area (TPSA) is 82.4 Å². The van der Waals surface area contributed by atoms with E-state index in [2.05, 4.69) is 10.3 Å². The van der Waals surface area contributed by atoms with Crippen molar-refractivity contribution in [3.63, 3.8) is 0 Å². The number of rotatable bonds is 4. The van der Waals surface area contributed by atoms with Crippen molar-refractivity contribution in [1.29, 1.82) is 0 Å².